The van der Waals surface area contributed by atoms with E-state index in [4.69, 9.17) is 0 Å². The first-order valence-electron chi connectivity index (χ1n) is 3.97. The van der Waals surface area contributed by atoms with Gasteiger partial charge in [0.25, 0.3) is 0 Å². The van der Waals surface area contributed by atoms with Gasteiger partial charge in [-0.25, -0.2) is 4.98 Å². The van der Waals surface area contributed by atoms with Crippen LogP contribution in [0.1, 0.15) is 5.82 Å². The number of hydrogen-bond acceptors (Lipinski definition) is 4. The van der Waals surface area contributed by atoms with Crippen LogP contribution in [0.15, 0.2) is 30.3 Å². The van der Waals surface area contributed by atoms with E-state index in [0.717, 1.165) is 16.6 Å². The van der Waals surface area contributed by atoms with Crippen LogP contribution in [0.25, 0.3) is 0 Å². The van der Waals surface area contributed by atoms with Gasteiger partial charge in [0, 0.05) is 17.2 Å². The number of nitrogens with one attached hydrogen (secondary N) is 1. The van der Waals surface area contributed by atoms with Crippen molar-refractivity contribution in [2.24, 2.45) is 0 Å². The molecule has 0 amide bonds. The highest BCUT2D eigenvalue weighted by Gasteiger charge is 1.98. The largest absolute Gasteiger partial charge is 0.330 e. The number of hydrogen-bond donors (Lipinski definition) is 1. The molecule has 0 bridgehead atoms. The van der Waals surface area contributed by atoms with Crippen LogP contribution >= 0.6 is 11.5 Å². The van der Waals surface area contributed by atoms with E-state index in [2.05, 4.69) is 14.7 Å². The molecule has 66 valence electrons. The Bertz CT molecular complexity index is 383. The molecule has 0 spiro atoms. The van der Waals surface area contributed by atoms with E-state index in [1.54, 1.807) is 0 Å². The molecule has 0 unspecified atom stereocenters. The van der Waals surface area contributed by atoms with Gasteiger partial charge in [0.1, 0.15) is 5.82 Å². The maximum atomic E-state index is 4.20. The number of para-hydroxylation sites is 1. The predicted octanol–water partition coefficient (Wildman–Crippen LogP) is 2.59. The third-order valence-corrected chi connectivity index (χ3v) is 2.27. The van der Waals surface area contributed by atoms with Crippen molar-refractivity contribution in [3.05, 3.63) is 36.2 Å². The monoisotopic (exact) mass is 191 g/mol. The topological polar surface area (TPSA) is 37.8 Å². The van der Waals surface area contributed by atoms with Crippen LogP contribution in [0.4, 0.5) is 10.8 Å². The summed E-state index contributed by atoms with van der Waals surface area (Å²) in [5.41, 5.74) is 1.04. The Labute approximate surface area is 80.6 Å². The fourth-order valence-corrected chi connectivity index (χ4v) is 1.59. The molecule has 0 aliphatic heterocycles. The highest BCUT2D eigenvalue weighted by atomic mass is 32.1. The van der Waals surface area contributed by atoms with Gasteiger partial charge < -0.3 is 5.32 Å². The van der Waals surface area contributed by atoms with Crippen LogP contribution in [0, 0.1) is 6.92 Å². The SMILES string of the molecule is Cc1nsc(Nc2ccccc2)n1. The Kier molecular flexibility index (Phi) is 2.23. The number of rotatable bonds is 2. The highest BCUT2D eigenvalue weighted by molar-refractivity contribution is 7.09. The Hall–Kier alpha value is -1.42. The van der Waals surface area contributed by atoms with Gasteiger partial charge >= 0.3 is 0 Å². The summed E-state index contributed by atoms with van der Waals surface area (Å²) in [4.78, 5) is 4.20. The molecule has 0 fully saturated rings. The smallest absolute Gasteiger partial charge is 0.207 e. The lowest BCUT2D eigenvalue weighted by Gasteiger charge is -1.99. The van der Waals surface area contributed by atoms with Gasteiger partial charge in [-0.2, -0.15) is 4.37 Å². The van der Waals surface area contributed by atoms with Crippen molar-refractivity contribution in [3.8, 4) is 0 Å². The zero-order chi connectivity index (χ0) is 9.10. The number of benzene rings is 1. The molecule has 2 rings (SSSR count). The van der Waals surface area contributed by atoms with Crippen molar-refractivity contribution >= 4 is 22.4 Å². The fraction of sp³-hybridized carbons (Fsp3) is 0.111. The van der Waals surface area contributed by atoms with Crippen LogP contribution < -0.4 is 5.32 Å². The van der Waals surface area contributed by atoms with Gasteiger partial charge in [0.15, 0.2) is 0 Å². The van der Waals surface area contributed by atoms with Crippen molar-refractivity contribution in [3.63, 3.8) is 0 Å². The first kappa shape index (κ1) is 8.19. The summed E-state index contributed by atoms with van der Waals surface area (Å²) in [5, 5.41) is 4.01. The molecule has 0 saturated heterocycles. The Morgan fingerprint density at radius 3 is 2.62 bits per heavy atom. The van der Waals surface area contributed by atoms with Crippen LogP contribution in [-0.4, -0.2) is 9.36 Å². The molecule has 1 aromatic carbocycles. The molecular weight excluding hydrogens is 182 g/mol. The number of aromatic nitrogens is 2. The third-order valence-electron chi connectivity index (χ3n) is 1.55. The predicted molar refractivity (Wildman–Crippen MR) is 54.4 cm³/mol. The van der Waals surface area contributed by atoms with E-state index in [9.17, 15) is 0 Å². The summed E-state index contributed by atoms with van der Waals surface area (Å²) in [7, 11) is 0. The van der Waals surface area contributed by atoms with Gasteiger partial charge in [-0.1, -0.05) is 18.2 Å². The molecule has 13 heavy (non-hydrogen) atoms. The van der Waals surface area contributed by atoms with Crippen molar-refractivity contribution in [2.75, 3.05) is 5.32 Å². The van der Waals surface area contributed by atoms with Crippen LogP contribution in [0.3, 0.4) is 0 Å². The lowest BCUT2D eigenvalue weighted by Crippen LogP contribution is -1.88. The number of aryl methyl sites for hydroxylation is 1. The maximum Gasteiger partial charge on any atom is 0.207 e. The quantitative estimate of drug-likeness (QED) is 0.792. The summed E-state index contributed by atoms with van der Waals surface area (Å²) in [5.74, 6) is 0.809. The molecule has 1 heterocycles. The molecule has 3 nitrogen and oxygen atoms in total. The Morgan fingerprint density at radius 2 is 2.00 bits per heavy atom. The lowest BCUT2D eigenvalue weighted by atomic mass is 10.3. The van der Waals surface area contributed by atoms with E-state index < -0.39 is 0 Å². The van der Waals surface area contributed by atoms with E-state index in [0.29, 0.717) is 0 Å². The minimum Gasteiger partial charge on any atom is -0.330 e. The second kappa shape index (κ2) is 3.53. The summed E-state index contributed by atoms with van der Waals surface area (Å²) >= 11 is 1.37. The summed E-state index contributed by atoms with van der Waals surface area (Å²) in [6.45, 7) is 1.88. The third kappa shape index (κ3) is 2.03. The van der Waals surface area contributed by atoms with Crippen molar-refractivity contribution in [1.29, 1.82) is 0 Å². The number of nitrogens with zero attached hydrogens (tertiary/aromatic N) is 2. The van der Waals surface area contributed by atoms with Crippen molar-refractivity contribution in [1.82, 2.24) is 9.36 Å². The molecule has 0 aliphatic rings. The van der Waals surface area contributed by atoms with E-state index in [1.807, 2.05) is 37.3 Å². The fourth-order valence-electron chi connectivity index (χ4n) is 0.993. The summed E-state index contributed by atoms with van der Waals surface area (Å²) < 4.78 is 4.08. The van der Waals surface area contributed by atoms with Gasteiger partial charge in [-0.15, -0.1) is 0 Å². The molecular formula is C9H9N3S. The number of anilines is 2. The van der Waals surface area contributed by atoms with Crippen molar-refractivity contribution in [2.45, 2.75) is 6.92 Å². The first-order chi connectivity index (χ1) is 6.34. The summed E-state index contributed by atoms with van der Waals surface area (Å²) in [6, 6.07) is 9.94. The second-order valence-electron chi connectivity index (χ2n) is 2.64. The molecule has 0 saturated carbocycles. The normalized spacial score (nSPS) is 9.92. The Morgan fingerprint density at radius 1 is 1.23 bits per heavy atom. The minimum atomic E-state index is 0.809. The van der Waals surface area contributed by atoms with Crippen LogP contribution in [0.5, 0.6) is 0 Å². The summed E-state index contributed by atoms with van der Waals surface area (Å²) in [6.07, 6.45) is 0. The van der Waals surface area contributed by atoms with Crippen molar-refractivity contribution < 1.29 is 0 Å². The Balaban J connectivity index is 2.15. The molecule has 1 aromatic heterocycles. The molecule has 4 heteroatoms. The average Bonchev–Trinajstić information content (AvgIpc) is 2.53. The van der Waals surface area contributed by atoms with Gasteiger partial charge in [-0.3, -0.25) is 0 Å². The second-order valence-corrected chi connectivity index (χ2v) is 3.39. The molecule has 2 aromatic rings. The molecule has 0 atom stereocenters. The van der Waals surface area contributed by atoms with Gasteiger partial charge in [0.2, 0.25) is 5.13 Å². The molecule has 1 N–H and O–H groups in total. The van der Waals surface area contributed by atoms with Gasteiger partial charge in [0.05, 0.1) is 0 Å². The zero-order valence-electron chi connectivity index (χ0n) is 7.19. The van der Waals surface area contributed by atoms with Gasteiger partial charge in [-0.05, 0) is 19.1 Å². The first-order valence-corrected chi connectivity index (χ1v) is 4.74. The highest BCUT2D eigenvalue weighted by Crippen LogP contribution is 2.17. The lowest BCUT2D eigenvalue weighted by molar-refractivity contribution is 1.17. The standard InChI is InChI=1S/C9H9N3S/c1-7-10-9(13-12-7)11-8-5-3-2-4-6-8/h2-6H,1H3,(H,10,11,12). The maximum absolute atomic E-state index is 4.20. The molecule has 0 radical (unpaired) electrons. The van der Waals surface area contributed by atoms with Crippen LogP contribution in [-0.2, 0) is 0 Å². The molecule has 0 aliphatic carbocycles. The minimum absolute atomic E-state index is 0.809. The van der Waals surface area contributed by atoms with E-state index in [-0.39, 0.29) is 0 Å². The van der Waals surface area contributed by atoms with Crippen LogP contribution in [0.2, 0.25) is 0 Å². The zero-order valence-corrected chi connectivity index (χ0v) is 8.01. The average molecular weight is 191 g/mol. The van der Waals surface area contributed by atoms with E-state index in [1.165, 1.54) is 11.5 Å². The van der Waals surface area contributed by atoms with E-state index >= 15 is 0 Å².